The first kappa shape index (κ1) is 13.1. The normalized spacial score (nSPS) is 16.8. The summed E-state index contributed by atoms with van der Waals surface area (Å²) in [5, 5.41) is 10.8. The van der Waals surface area contributed by atoms with Crippen LogP contribution in [0.4, 0.5) is 5.69 Å². The number of benzene rings is 1. The van der Waals surface area contributed by atoms with E-state index in [-0.39, 0.29) is 18.9 Å². The van der Waals surface area contributed by atoms with E-state index < -0.39 is 17.0 Å². The molecule has 0 N–H and O–H groups in total. The molecule has 19 heavy (non-hydrogen) atoms. The van der Waals surface area contributed by atoms with Crippen LogP contribution in [0.1, 0.15) is 12.5 Å². The van der Waals surface area contributed by atoms with Gasteiger partial charge in [-0.2, -0.15) is 0 Å². The number of nitro groups is 1. The molecule has 0 radical (unpaired) electrons. The third-order valence-electron chi connectivity index (χ3n) is 2.65. The second-order valence-electron chi connectivity index (χ2n) is 4.20. The summed E-state index contributed by atoms with van der Waals surface area (Å²) < 4.78 is 15.8. The fourth-order valence-electron chi connectivity index (χ4n) is 1.74. The third-order valence-corrected chi connectivity index (χ3v) is 2.65. The number of carbonyl (C=O) groups excluding carboxylic acids is 1. The first-order chi connectivity index (χ1) is 8.97. The molecule has 7 nitrogen and oxygen atoms in total. The number of hydrogen-bond donors (Lipinski definition) is 0. The third kappa shape index (κ3) is 2.93. The number of nitro benzene ring substituents is 1. The highest BCUT2D eigenvalue weighted by atomic mass is 16.6. The van der Waals surface area contributed by atoms with E-state index in [1.54, 1.807) is 13.0 Å². The summed E-state index contributed by atoms with van der Waals surface area (Å²) in [6.07, 6.45) is -0.405. The first-order valence-corrected chi connectivity index (χ1v) is 5.69. The molecule has 0 fully saturated rings. The first-order valence-electron chi connectivity index (χ1n) is 5.69. The van der Waals surface area contributed by atoms with Gasteiger partial charge in [-0.15, -0.1) is 0 Å². The lowest BCUT2D eigenvalue weighted by Gasteiger charge is -2.26. The van der Waals surface area contributed by atoms with Crippen molar-refractivity contribution in [3.8, 4) is 11.5 Å². The summed E-state index contributed by atoms with van der Waals surface area (Å²) in [6.45, 7) is 3.20. The Kier molecular flexibility index (Phi) is 3.55. The Morgan fingerprint density at radius 3 is 2.89 bits per heavy atom. The predicted molar refractivity (Wildman–Crippen MR) is 64.4 cm³/mol. The Balaban J connectivity index is 2.15. The van der Waals surface area contributed by atoms with Gasteiger partial charge in [0.1, 0.15) is 13.2 Å². The molecule has 1 aliphatic heterocycles. The molecule has 0 bridgehead atoms. The van der Waals surface area contributed by atoms with Crippen LogP contribution in [0.5, 0.6) is 11.5 Å². The van der Waals surface area contributed by atoms with Crippen LogP contribution >= 0.6 is 0 Å². The van der Waals surface area contributed by atoms with Crippen LogP contribution in [-0.4, -0.2) is 30.2 Å². The lowest BCUT2D eigenvalue weighted by Crippen LogP contribution is -2.34. The predicted octanol–water partition coefficient (Wildman–Crippen LogP) is 1.61. The van der Waals surface area contributed by atoms with E-state index in [1.807, 2.05) is 0 Å². The van der Waals surface area contributed by atoms with Crippen molar-refractivity contribution in [2.75, 3.05) is 13.2 Å². The molecular weight excluding hydrogens is 254 g/mol. The van der Waals surface area contributed by atoms with E-state index in [0.717, 1.165) is 0 Å². The molecule has 0 amide bonds. The summed E-state index contributed by atoms with van der Waals surface area (Å²) in [6, 6.07) is 2.89. The van der Waals surface area contributed by atoms with Gasteiger partial charge >= 0.3 is 5.97 Å². The molecular formula is C12H13NO6. The Bertz CT molecular complexity index is 527. The molecule has 1 aromatic rings. The number of aryl methyl sites for hydroxylation is 1. The second-order valence-corrected chi connectivity index (χ2v) is 4.20. The quantitative estimate of drug-likeness (QED) is 0.469. The standard InChI is InChI=1S/C12H13NO6/c1-7-3-12-11(4-10(7)13(15)16)18-6-9(19-12)5-17-8(2)14/h3-4,9H,5-6H2,1-2H3/t9-/m0/s1. The van der Waals surface area contributed by atoms with E-state index in [0.29, 0.717) is 17.1 Å². The summed E-state index contributed by atoms with van der Waals surface area (Å²) in [5.41, 5.74) is 0.473. The molecule has 1 atom stereocenters. The van der Waals surface area contributed by atoms with E-state index in [2.05, 4.69) is 0 Å². The Morgan fingerprint density at radius 1 is 1.53 bits per heavy atom. The van der Waals surface area contributed by atoms with Gasteiger partial charge in [-0.25, -0.2) is 0 Å². The van der Waals surface area contributed by atoms with Crippen molar-refractivity contribution in [1.82, 2.24) is 0 Å². The number of nitrogens with zero attached hydrogens (tertiary/aromatic N) is 1. The Hall–Kier alpha value is -2.31. The Morgan fingerprint density at radius 2 is 2.26 bits per heavy atom. The van der Waals surface area contributed by atoms with Gasteiger partial charge in [0, 0.05) is 12.5 Å². The zero-order valence-corrected chi connectivity index (χ0v) is 10.5. The van der Waals surface area contributed by atoms with Gasteiger partial charge in [-0.05, 0) is 13.0 Å². The van der Waals surface area contributed by atoms with Gasteiger partial charge in [0.05, 0.1) is 11.0 Å². The number of carbonyl (C=O) groups is 1. The minimum Gasteiger partial charge on any atom is -0.485 e. The van der Waals surface area contributed by atoms with E-state index >= 15 is 0 Å². The number of esters is 1. The zero-order valence-electron chi connectivity index (χ0n) is 10.5. The lowest BCUT2D eigenvalue weighted by atomic mass is 10.1. The van der Waals surface area contributed by atoms with E-state index in [9.17, 15) is 14.9 Å². The molecule has 7 heteroatoms. The van der Waals surface area contributed by atoms with Crippen LogP contribution in [0.25, 0.3) is 0 Å². The molecule has 0 aromatic heterocycles. The minimum atomic E-state index is -0.468. The van der Waals surface area contributed by atoms with Gasteiger partial charge in [-0.3, -0.25) is 14.9 Å². The average molecular weight is 267 g/mol. The van der Waals surface area contributed by atoms with Crippen LogP contribution in [0.3, 0.4) is 0 Å². The van der Waals surface area contributed by atoms with Crippen molar-refractivity contribution in [3.05, 3.63) is 27.8 Å². The van der Waals surface area contributed by atoms with Crippen LogP contribution < -0.4 is 9.47 Å². The van der Waals surface area contributed by atoms with Gasteiger partial charge in [-0.1, -0.05) is 0 Å². The van der Waals surface area contributed by atoms with Crippen molar-refractivity contribution >= 4 is 11.7 Å². The summed E-state index contributed by atoms with van der Waals surface area (Å²) in [4.78, 5) is 21.0. The molecule has 0 unspecified atom stereocenters. The van der Waals surface area contributed by atoms with Crippen molar-refractivity contribution in [1.29, 1.82) is 0 Å². The van der Waals surface area contributed by atoms with Gasteiger partial charge in [0.15, 0.2) is 17.6 Å². The summed E-state index contributed by atoms with van der Waals surface area (Å²) >= 11 is 0. The maximum Gasteiger partial charge on any atom is 0.302 e. The van der Waals surface area contributed by atoms with Gasteiger partial charge in [0.25, 0.3) is 5.69 Å². The van der Waals surface area contributed by atoms with Crippen LogP contribution in [-0.2, 0) is 9.53 Å². The lowest BCUT2D eigenvalue weighted by molar-refractivity contribution is -0.385. The van der Waals surface area contributed by atoms with Crippen LogP contribution in [0.15, 0.2) is 12.1 Å². The molecule has 1 aliphatic rings. The number of rotatable bonds is 3. The van der Waals surface area contributed by atoms with Crippen molar-refractivity contribution in [3.63, 3.8) is 0 Å². The molecule has 0 saturated heterocycles. The Labute approximate surface area is 109 Å². The number of fused-ring (bicyclic) bond motifs is 1. The molecule has 1 aromatic carbocycles. The van der Waals surface area contributed by atoms with Crippen LogP contribution in [0.2, 0.25) is 0 Å². The monoisotopic (exact) mass is 267 g/mol. The zero-order chi connectivity index (χ0) is 14.0. The highest BCUT2D eigenvalue weighted by Crippen LogP contribution is 2.37. The fourth-order valence-corrected chi connectivity index (χ4v) is 1.74. The number of ether oxygens (including phenoxy) is 3. The van der Waals surface area contributed by atoms with Crippen molar-refractivity contribution < 1.29 is 23.9 Å². The smallest absolute Gasteiger partial charge is 0.302 e. The average Bonchev–Trinajstić information content (AvgIpc) is 2.34. The minimum absolute atomic E-state index is 0.0132. The number of hydrogen-bond acceptors (Lipinski definition) is 6. The van der Waals surface area contributed by atoms with E-state index in [1.165, 1.54) is 13.0 Å². The maximum absolute atomic E-state index is 10.8. The summed E-state index contributed by atoms with van der Waals surface area (Å²) in [5.74, 6) is 0.358. The molecule has 0 saturated carbocycles. The maximum atomic E-state index is 10.8. The van der Waals surface area contributed by atoms with Gasteiger partial charge < -0.3 is 14.2 Å². The van der Waals surface area contributed by atoms with Gasteiger partial charge in [0.2, 0.25) is 0 Å². The van der Waals surface area contributed by atoms with Crippen LogP contribution in [0, 0.1) is 17.0 Å². The fraction of sp³-hybridized carbons (Fsp3) is 0.417. The molecule has 0 spiro atoms. The topological polar surface area (TPSA) is 87.9 Å². The van der Waals surface area contributed by atoms with E-state index in [4.69, 9.17) is 14.2 Å². The second kappa shape index (κ2) is 5.13. The highest BCUT2D eigenvalue weighted by molar-refractivity contribution is 5.65. The molecule has 102 valence electrons. The summed E-state index contributed by atoms with van der Waals surface area (Å²) in [7, 11) is 0. The highest BCUT2D eigenvalue weighted by Gasteiger charge is 2.25. The van der Waals surface area contributed by atoms with Crippen molar-refractivity contribution in [2.24, 2.45) is 0 Å². The largest absolute Gasteiger partial charge is 0.485 e. The van der Waals surface area contributed by atoms with Crippen molar-refractivity contribution in [2.45, 2.75) is 20.0 Å². The SMILES string of the molecule is CC(=O)OC[C@H]1COc2cc([N+](=O)[O-])c(C)cc2O1. The molecule has 0 aliphatic carbocycles. The molecule has 2 rings (SSSR count). The molecule has 1 heterocycles.